The van der Waals surface area contributed by atoms with Gasteiger partial charge >= 0.3 is 0 Å². The number of carbonyl (C=O) groups is 2. The fourth-order valence-corrected chi connectivity index (χ4v) is 3.80. The van der Waals surface area contributed by atoms with Crippen LogP contribution in [0.5, 0.6) is 0 Å². The van der Waals surface area contributed by atoms with Gasteiger partial charge in [0.1, 0.15) is 6.54 Å². The molecule has 5 nitrogen and oxygen atoms in total. The van der Waals surface area contributed by atoms with Crippen LogP contribution in [0.2, 0.25) is 10.0 Å². The third-order valence-corrected chi connectivity index (χ3v) is 5.47. The molecule has 1 aliphatic rings. The van der Waals surface area contributed by atoms with E-state index in [1.54, 1.807) is 24.3 Å². The minimum atomic E-state index is -0.255. The van der Waals surface area contributed by atoms with Gasteiger partial charge in [-0.25, -0.2) is 0 Å². The molecule has 0 saturated carbocycles. The van der Waals surface area contributed by atoms with Crippen LogP contribution >= 0.6 is 23.2 Å². The number of hydrogen-bond acceptors (Lipinski definition) is 2. The van der Waals surface area contributed by atoms with Crippen LogP contribution in [-0.4, -0.2) is 49.4 Å². The van der Waals surface area contributed by atoms with Crippen molar-refractivity contribution in [1.29, 1.82) is 0 Å². The van der Waals surface area contributed by atoms with E-state index >= 15 is 0 Å². The van der Waals surface area contributed by atoms with Crippen molar-refractivity contribution in [2.24, 2.45) is 0 Å². The largest absolute Gasteiger partial charge is 0.351 e. The lowest BCUT2D eigenvalue weighted by molar-refractivity contribution is -0.917. The Bertz CT molecular complexity index is 836. The number of benzene rings is 2. The smallest absolute Gasteiger partial charge is 0.252 e. The molecule has 0 atom stereocenters. The van der Waals surface area contributed by atoms with Crippen LogP contribution in [0, 0.1) is 0 Å². The number of amides is 2. The molecule has 0 spiro atoms. The molecule has 0 aliphatic carbocycles. The predicted octanol–water partition coefficient (Wildman–Crippen LogP) is 2.04. The Hall–Kier alpha value is -2.08. The molecule has 0 bridgehead atoms. The van der Waals surface area contributed by atoms with Gasteiger partial charge in [-0.1, -0.05) is 47.5 Å². The highest BCUT2D eigenvalue weighted by Gasteiger charge is 2.23. The standard InChI is InChI=1S/C21H23Cl2N3O2/c22-17-5-3-4-16(14-17)15-25-10-12-26(13-11-25)20(27)8-9-24-21(28)18-6-1-2-7-19(18)23/h1-7,14H,8-13,15H2,(H,24,28)/p+1. The highest BCUT2D eigenvalue weighted by molar-refractivity contribution is 6.33. The lowest BCUT2D eigenvalue weighted by atomic mass is 10.2. The summed E-state index contributed by atoms with van der Waals surface area (Å²) in [5.41, 5.74) is 1.64. The van der Waals surface area contributed by atoms with Crippen molar-refractivity contribution in [2.45, 2.75) is 13.0 Å². The molecule has 148 valence electrons. The number of nitrogens with zero attached hydrogens (tertiary/aromatic N) is 1. The van der Waals surface area contributed by atoms with Gasteiger partial charge < -0.3 is 15.1 Å². The fraction of sp³-hybridized carbons (Fsp3) is 0.333. The van der Waals surface area contributed by atoms with Crippen LogP contribution in [0.3, 0.4) is 0 Å². The summed E-state index contributed by atoms with van der Waals surface area (Å²) >= 11 is 12.1. The van der Waals surface area contributed by atoms with E-state index in [9.17, 15) is 9.59 Å². The summed E-state index contributed by atoms with van der Waals surface area (Å²) in [7, 11) is 0. The van der Waals surface area contributed by atoms with Crippen LogP contribution < -0.4 is 10.2 Å². The molecule has 2 amide bonds. The minimum Gasteiger partial charge on any atom is -0.351 e. The molecule has 2 aromatic rings. The molecule has 0 aromatic heterocycles. The number of piperazine rings is 1. The van der Waals surface area contributed by atoms with Crippen molar-refractivity contribution in [3.05, 3.63) is 69.7 Å². The molecule has 2 aromatic carbocycles. The summed E-state index contributed by atoms with van der Waals surface area (Å²) in [6, 6.07) is 14.8. The maximum Gasteiger partial charge on any atom is 0.252 e. The Kier molecular flexibility index (Phi) is 7.31. The van der Waals surface area contributed by atoms with E-state index in [0.29, 0.717) is 23.6 Å². The van der Waals surface area contributed by atoms with E-state index in [2.05, 4.69) is 11.4 Å². The third-order valence-electron chi connectivity index (χ3n) is 4.91. The lowest BCUT2D eigenvalue weighted by Gasteiger charge is -2.32. The molecule has 1 heterocycles. The van der Waals surface area contributed by atoms with Crippen molar-refractivity contribution in [1.82, 2.24) is 10.2 Å². The summed E-state index contributed by atoms with van der Waals surface area (Å²) < 4.78 is 0. The first-order chi connectivity index (χ1) is 13.5. The molecule has 3 rings (SSSR count). The van der Waals surface area contributed by atoms with Gasteiger partial charge in [0, 0.05) is 23.6 Å². The molecular formula is C21H24Cl2N3O2+. The summed E-state index contributed by atoms with van der Waals surface area (Å²) in [4.78, 5) is 27.9. The number of quaternary nitrogens is 1. The third kappa shape index (κ3) is 5.71. The quantitative estimate of drug-likeness (QED) is 0.750. The van der Waals surface area contributed by atoms with Crippen molar-refractivity contribution in [3.63, 3.8) is 0 Å². The van der Waals surface area contributed by atoms with E-state index in [1.165, 1.54) is 10.5 Å². The average molecular weight is 421 g/mol. The van der Waals surface area contributed by atoms with Gasteiger partial charge in [-0.05, 0) is 24.3 Å². The van der Waals surface area contributed by atoms with Crippen molar-refractivity contribution >= 4 is 35.0 Å². The van der Waals surface area contributed by atoms with Crippen LogP contribution in [-0.2, 0) is 11.3 Å². The van der Waals surface area contributed by atoms with E-state index in [0.717, 1.165) is 37.7 Å². The predicted molar refractivity (Wildman–Crippen MR) is 111 cm³/mol. The zero-order chi connectivity index (χ0) is 19.9. The van der Waals surface area contributed by atoms with Crippen LogP contribution in [0.1, 0.15) is 22.3 Å². The zero-order valence-electron chi connectivity index (χ0n) is 15.6. The van der Waals surface area contributed by atoms with Gasteiger partial charge in [0.2, 0.25) is 5.91 Å². The second kappa shape index (κ2) is 9.92. The molecule has 7 heteroatoms. The van der Waals surface area contributed by atoms with Crippen LogP contribution in [0.25, 0.3) is 0 Å². The monoisotopic (exact) mass is 420 g/mol. The highest BCUT2D eigenvalue weighted by Crippen LogP contribution is 2.14. The van der Waals surface area contributed by atoms with Crippen molar-refractivity contribution in [3.8, 4) is 0 Å². The van der Waals surface area contributed by atoms with E-state index < -0.39 is 0 Å². The van der Waals surface area contributed by atoms with Crippen molar-refractivity contribution in [2.75, 3.05) is 32.7 Å². The normalized spacial score (nSPS) is 14.7. The molecular weight excluding hydrogens is 397 g/mol. The summed E-state index contributed by atoms with van der Waals surface area (Å²) in [6.45, 7) is 4.49. The summed E-state index contributed by atoms with van der Waals surface area (Å²) in [6.07, 6.45) is 0.291. The highest BCUT2D eigenvalue weighted by atomic mass is 35.5. The second-order valence-electron chi connectivity index (χ2n) is 6.92. The first-order valence-corrected chi connectivity index (χ1v) is 10.2. The number of nitrogens with one attached hydrogen (secondary N) is 2. The van der Waals surface area contributed by atoms with Gasteiger partial charge in [0.25, 0.3) is 5.91 Å². The molecule has 28 heavy (non-hydrogen) atoms. The summed E-state index contributed by atoms with van der Waals surface area (Å²) in [5, 5.41) is 3.93. The SMILES string of the molecule is O=C(NCCC(=O)N1CC[NH+](Cc2cccc(Cl)c2)CC1)c1ccccc1Cl. The minimum absolute atomic E-state index is 0.0706. The van der Waals surface area contributed by atoms with E-state index in [1.807, 2.05) is 23.1 Å². The maximum atomic E-state index is 12.4. The topological polar surface area (TPSA) is 53.9 Å². The van der Waals surface area contributed by atoms with Crippen molar-refractivity contribution < 1.29 is 14.5 Å². The molecule has 1 aliphatic heterocycles. The Morgan fingerprint density at radius 2 is 1.79 bits per heavy atom. The Morgan fingerprint density at radius 3 is 2.50 bits per heavy atom. The molecule has 1 saturated heterocycles. The second-order valence-corrected chi connectivity index (χ2v) is 7.77. The average Bonchev–Trinajstić information content (AvgIpc) is 2.69. The van der Waals surface area contributed by atoms with Gasteiger partial charge in [0.05, 0.1) is 36.8 Å². The van der Waals surface area contributed by atoms with Gasteiger partial charge in [-0.2, -0.15) is 0 Å². The van der Waals surface area contributed by atoms with E-state index in [4.69, 9.17) is 23.2 Å². The van der Waals surface area contributed by atoms with Gasteiger partial charge in [-0.3, -0.25) is 9.59 Å². The first kappa shape index (κ1) is 20.6. The number of hydrogen-bond donors (Lipinski definition) is 2. The fourth-order valence-electron chi connectivity index (χ4n) is 3.37. The summed E-state index contributed by atoms with van der Waals surface area (Å²) in [5.74, 6) is -0.185. The van der Waals surface area contributed by atoms with Crippen LogP contribution in [0.4, 0.5) is 0 Å². The molecule has 0 radical (unpaired) electrons. The van der Waals surface area contributed by atoms with E-state index in [-0.39, 0.29) is 11.8 Å². The van der Waals surface area contributed by atoms with Gasteiger partial charge in [0.15, 0.2) is 0 Å². The molecule has 0 unspecified atom stereocenters. The number of carbonyl (C=O) groups excluding carboxylic acids is 2. The number of halogens is 2. The lowest BCUT2D eigenvalue weighted by Crippen LogP contribution is -3.13. The number of rotatable bonds is 6. The van der Waals surface area contributed by atoms with Crippen LogP contribution in [0.15, 0.2) is 48.5 Å². The molecule has 2 N–H and O–H groups in total. The zero-order valence-corrected chi connectivity index (χ0v) is 17.1. The Morgan fingerprint density at radius 1 is 1.04 bits per heavy atom. The Balaban J connectivity index is 1.39. The first-order valence-electron chi connectivity index (χ1n) is 9.41. The maximum absolute atomic E-state index is 12.4. The Labute approximate surface area is 175 Å². The molecule has 1 fully saturated rings. The van der Waals surface area contributed by atoms with Gasteiger partial charge in [-0.15, -0.1) is 0 Å².